The molecule has 0 amide bonds. The molecular weight excluding hydrogens is 344 g/mol. The molecule has 26 heavy (non-hydrogen) atoms. The van der Waals surface area contributed by atoms with Gasteiger partial charge < -0.3 is 4.72 Å². The second kappa shape index (κ2) is 6.72. The summed E-state index contributed by atoms with van der Waals surface area (Å²) in [7, 11) is 0.805. The number of hydrogen-bond acceptors (Lipinski definition) is 3. The van der Waals surface area contributed by atoms with Gasteiger partial charge in [0.15, 0.2) is 0 Å². The van der Waals surface area contributed by atoms with Gasteiger partial charge in [-0.2, -0.15) is 5.10 Å². The van der Waals surface area contributed by atoms with Crippen LogP contribution in [0.3, 0.4) is 0 Å². The maximum absolute atomic E-state index is 11.5. The summed E-state index contributed by atoms with van der Waals surface area (Å²) in [6.45, 7) is 0. The number of hydrogen-bond donors (Lipinski definition) is 1. The molecule has 2 aromatic carbocycles. The molecule has 6 heteroatoms. The SMILES string of the molecule is Cn1cc(-c2ccc(-c3cncc4ccc(NS(C)=O)cc34)cc2)cn1. The third-order valence-electron chi connectivity index (χ3n) is 4.26. The molecule has 1 unspecified atom stereocenters. The van der Waals surface area contributed by atoms with Gasteiger partial charge in [-0.1, -0.05) is 30.3 Å². The summed E-state index contributed by atoms with van der Waals surface area (Å²) in [6.07, 6.45) is 9.19. The maximum Gasteiger partial charge on any atom is 0.113 e. The molecule has 0 radical (unpaired) electrons. The standard InChI is InChI=1S/C20H18N4OS/c1-24-13-17(11-22-24)14-3-5-15(6-4-14)20-12-21-10-16-7-8-18(9-19(16)20)23-26(2)25/h3-13,23H,1-2H3. The summed E-state index contributed by atoms with van der Waals surface area (Å²) < 4.78 is 16.2. The van der Waals surface area contributed by atoms with Crippen molar-refractivity contribution in [2.24, 2.45) is 7.05 Å². The average molecular weight is 362 g/mol. The Morgan fingerprint density at radius 3 is 2.42 bits per heavy atom. The molecule has 0 bridgehead atoms. The van der Waals surface area contributed by atoms with E-state index in [9.17, 15) is 4.21 Å². The van der Waals surface area contributed by atoms with E-state index < -0.39 is 11.0 Å². The normalized spacial score (nSPS) is 12.2. The van der Waals surface area contributed by atoms with Crippen molar-refractivity contribution in [2.45, 2.75) is 0 Å². The second-order valence-electron chi connectivity index (χ2n) is 6.16. The predicted octanol–water partition coefficient (Wildman–Crippen LogP) is 4.01. The molecule has 5 nitrogen and oxygen atoms in total. The van der Waals surface area contributed by atoms with Gasteiger partial charge in [0.2, 0.25) is 0 Å². The van der Waals surface area contributed by atoms with E-state index in [0.29, 0.717) is 0 Å². The fourth-order valence-corrected chi connectivity index (χ4v) is 3.49. The van der Waals surface area contributed by atoms with Crippen LogP contribution in [0.1, 0.15) is 0 Å². The fraction of sp³-hybridized carbons (Fsp3) is 0.100. The van der Waals surface area contributed by atoms with Crippen LogP contribution in [0.2, 0.25) is 0 Å². The lowest BCUT2D eigenvalue weighted by molar-refractivity contribution is 0.690. The first-order valence-electron chi connectivity index (χ1n) is 8.17. The number of pyridine rings is 1. The molecule has 0 saturated carbocycles. The largest absolute Gasteiger partial charge is 0.305 e. The highest BCUT2D eigenvalue weighted by Gasteiger charge is 2.07. The zero-order valence-corrected chi connectivity index (χ0v) is 15.3. The van der Waals surface area contributed by atoms with E-state index in [1.165, 1.54) is 0 Å². The van der Waals surface area contributed by atoms with Crippen LogP contribution < -0.4 is 4.72 Å². The summed E-state index contributed by atoms with van der Waals surface area (Å²) in [4.78, 5) is 4.37. The van der Waals surface area contributed by atoms with Gasteiger partial charge in [-0.25, -0.2) is 4.21 Å². The fourth-order valence-electron chi connectivity index (χ4n) is 3.04. The molecule has 0 spiro atoms. The summed E-state index contributed by atoms with van der Waals surface area (Å²) in [5.74, 6) is 0. The quantitative estimate of drug-likeness (QED) is 0.597. The van der Waals surface area contributed by atoms with E-state index in [1.54, 1.807) is 10.9 Å². The topological polar surface area (TPSA) is 59.8 Å². The van der Waals surface area contributed by atoms with Crippen LogP contribution in [0.15, 0.2) is 67.3 Å². The summed E-state index contributed by atoms with van der Waals surface area (Å²) in [6, 6.07) is 14.3. The molecule has 4 rings (SSSR count). The van der Waals surface area contributed by atoms with Gasteiger partial charge in [0, 0.05) is 54.1 Å². The molecule has 0 aliphatic heterocycles. The molecule has 1 N–H and O–H groups in total. The van der Waals surface area contributed by atoms with Crippen molar-refractivity contribution in [3.05, 3.63) is 67.3 Å². The summed E-state index contributed by atoms with van der Waals surface area (Å²) in [5, 5.41) is 6.34. The molecule has 2 heterocycles. The van der Waals surface area contributed by atoms with Crippen LogP contribution in [0.25, 0.3) is 33.0 Å². The number of benzene rings is 2. The lowest BCUT2D eigenvalue weighted by atomic mass is 9.98. The van der Waals surface area contributed by atoms with Gasteiger partial charge in [-0.3, -0.25) is 9.67 Å². The smallest absolute Gasteiger partial charge is 0.113 e. The molecule has 4 aromatic rings. The molecule has 1 atom stereocenters. The van der Waals surface area contributed by atoms with Crippen LogP contribution in [-0.4, -0.2) is 25.2 Å². The number of aryl methyl sites for hydroxylation is 1. The van der Waals surface area contributed by atoms with Crippen molar-refractivity contribution >= 4 is 27.4 Å². The van der Waals surface area contributed by atoms with Crippen molar-refractivity contribution in [3.63, 3.8) is 0 Å². The van der Waals surface area contributed by atoms with E-state index in [-0.39, 0.29) is 0 Å². The molecule has 130 valence electrons. The van der Waals surface area contributed by atoms with E-state index in [4.69, 9.17) is 0 Å². The van der Waals surface area contributed by atoms with Crippen molar-refractivity contribution in [2.75, 3.05) is 11.0 Å². The number of anilines is 1. The molecule has 0 fully saturated rings. The summed E-state index contributed by atoms with van der Waals surface area (Å²) >= 11 is 0. The number of fused-ring (bicyclic) bond motifs is 1. The monoisotopic (exact) mass is 362 g/mol. The molecule has 0 aliphatic carbocycles. The van der Waals surface area contributed by atoms with Crippen LogP contribution in [-0.2, 0) is 18.0 Å². The number of nitrogens with one attached hydrogen (secondary N) is 1. The molecule has 0 saturated heterocycles. The van der Waals surface area contributed by atoms with E-state index in [2.05, 4.69) is 39.1 Å². The lowest BCUT2D eigenvalue weighted by Crippen LogP contribution is -2.00. The van der Waals surface area contributed by atoms with E-state index >= 15 is 0 Å². The van der Waals surface area contributed by atoms with Crippen molar-refractivity contribution in [1.29, 1.82) is 0 Å². The predicted molar refractivity (Wildman–Crippen MR) is 107 cm³/mol. The van der Waals surface area contributed by atoms with Gasteiger partial charge >= 0.3 is 0 Å². The maximum atomic E-state index is 11.5. The number of aromatic nitrogens is 3. The molecule has 0 aliphatic rings. The Morgan fingerprint density at radius 2 is 1.73 bits per heavy atom. The first kappa shape index (κ1) is 16.5. The second-order valence-corrected chi connectivity index (χ2v) is 7.27. The minimum Gasteiger partial charge on any atom is -0.305 e. The van der Waals surface area contributed by atoms with Crippen molar-refractivity contribution in [1.82, 2.24) is 14.8 Å². The molecular formula is C20H18N4OS. The Balaban J connectivity index is 1.76. The highest BCUT2D eigenvalue weighted by molar-refractivity contribution is 7.85. The Morgan fingerprint density at radius 1 is 0.962 bits per heavy atom. The third-order valence-corrected chi connectivity index (χ3v) is 4.78. The van der Waals surface area contributed by atoms with Gasteiger partial charge in [-0.15, -0.1) is 0 Å². The van der Waals surface area contributed by atoms with Gasteiger partial charge in [-0.05, 0) is 28.6 Å². The summed E-state index contributed by atoms with van der Waals surface area (Å²) in [5.41, 5.74) is 5.18. The van der Waals surface area contributed by atoms with Crippen molar-refractivity contribution < 1.29 is 4.21 Å². The zero-order valence-electron chi connectivity index (χ0n) is 14.5. The first-order valence-corrected chi connectivity index (χ1v) is 9.73. The molecule has 2 aromatic heterocycles. The lowest BCUT2D eigenvalue weighted by Gasteiger charge is -2.09. The number of rotatable bonds is 4. The Hall–Kier alpha value is -2.99. The van der Waals surface area contributed by atoms with Crippen molar-refractivity contribution in [3.8, 4) is 22.3 Å². The minimum absolute atomic E-state index is 0.831. The average Bonchev–Trinajstić information content (AvgIpc) is 3.07. The van der Waals surface area contributed by atoms with E-state index in [1.807, 2.05) is 50.0 Å². The highest BCUT2D eigenvalue weighted by Crippen LogP contribution is 2.31. The van der Waals surface area contributed by atoms with Gasteiger partial charge in [0.1, 0.15) is 11.0 Å². The van der Waals surface area contributed by atoms with Crippen LogP contribution in [0, 0.1) is 0 Å². The zero-order chi connectivity index (χ0) is 18.1. The Kier molecular flexibility index (Phi) is 4.26. The minimum atomic E-state index is -1.11. The van der Waals surface area contributed by atoms with Crippen LogP contribution in [0.5, 0.6) is 0 Å². The Labute approximate surface area is 154 Å². The highest BCUT2D eigenvalue weighted by atomic mass is 32.2. The number of nitrogens with zero attached hydrogens (tertiary/aromatic N) is 3. The third kappa shape index (κ3) is 3.23. The first-order chi connectivity index (χ1) is 12.6. The van der Waals surface area contributed by atoms with Crippen LogP contribution >= 0.6 is 0 Å². The van der Waals surface area contributed by atoms with E-state index in [0.717, 1.165) is 38.7 Å². The van der Waals surface area contributed by atoms with Gasteiger partial charge in [0.05, 0.1) is 6.20 Å². The van der Waals surface area contributed by atoms with Gasteiger partial charge in [0.25, 0.3) is 0 Å². The van der Waals surface area contributed by atoms with Crippen LogP contribution in [0.4, 0.5) is 5.69 Å². The Bertz CT molecular complexity index is 1100.